The predicted molar refractivity (Wildman–Crippen MR) is 118 cm³/mol. The van der Waals surface area contributed by atoms with Crippen molar-refractivity contribution in [2.24, 2.45) is 5.92 Å². The second kappa shape index (κ2) is 8.11. The van der Waals surface area contributed by atoms with E-state index in [1.54, 1.807) is 13.0 Å². The predicted octanol–water partition coefficient (Wildman–Crippen LogP) is 2.09. The number of carbonyl (C=O) groups excluding carboxylic acids is 1. The summed E-state index contributed by atoms with van der Waals surface area (Å²) >= 11 is 0. The van der Waals surface area contributed by atoms with Gasteiger partial charge in [-0.05, 0) is 57.3 Å². The molecule has 0 saturated carbocycles. The summed E-state index contributed by atoms with van der Waals surface area (Å²) in [6, 6.07) is 7.22. The van der Waals surface area contributed by atoms with Crippen molar-refractivity contribution in [2.45, 2.75) is 51.6 Å². The highest BCUT2D eigenvalue weighted by Crippen LogP contribution is 2.35. The summed E-state index contributed by atoms with van der Waals surface area (Å²) in [6.45, 7) is 6.55. The molecule has 7 nitrogen and oxygen atoms in total. The van der Waals surface area contributed by atoms with Crippen molar-refractivity contribution in [3.63, 3.8) is 0 Å². The number of aromatic amines is 1. The molecule has 0 radical (unpaired) electrons. The normalized spacial score (nSPS) is 23.5. The highest BCUT2D eigenvalue weighted by molar-refractivity contribution is 5.94. The third-order valence-corrected chi connectivity index (χ3v) is 7.04. The molecule has 2 aromatic rings. The van der Waals surface area contributed by atoms with Gasteiger partial charge in [0.1, 0.15) is 0 Å². The van der Waals surface area contributed by atoms with E-state index in [1.807, 2.05) is 15.5 Å². The van der Waals surface area contributed by atoms with E-state index in [0.717, 1.165) is 37.3 Å². The van der Waals surface area contributed by atoms with E-state index < -0.39 is 0 Å². The average Bonchev–Trinajstić information content (AvgIpc) is 2.75. The molecule has 2 saturated heterocycles. The highest BCUT2D eigenvalue weighted by atomic mass is 16.2. The Bertz CT molecular complexity index is 1110. The van der Waals surface area contributed by atoms with Gasteiger partial charge in [0.2, 0.25) is 5.56 Å². The van der Waals surface area contributed by atoms with Crippen LogP contribution >= 0.6 is 0 Å². The van der Waals surface area contributed by atoms with Crippen LogP contribution in [0.1, 0.15) is 58.9 Å². The molecular formula is C24H30N4O3. The fourth-order valence-electron chi connectivity index (χ4n) is 5.62. The summed E-state index contributed by atoms with van der Waals surface area (Å²) in [5.41, 5.74) is 2.95. The number of carbonyl (C=O) groups is 1. The molecule has 3 aliphatic heterocycles. The highest BCUT2D eigenvalue weighted by Gasteiger charge is 2.37. The molecule has 2 bridgehead atoms. The van der Waals surface area contributed by atoms with Crippen molar-refractivity contribution in [1.29, 1.82) is 0 Å². The van der Waals surface area contributed by atoms with E-state index >= 15 is 0 Å². The summed E-state index contributed by atoms with van der Waals surface area (Å²) in [7, 11) is 0. The van der Waals surface area contributed by atoms with Crippen LogP contribution in [-0.4, -0.2) is 51.4 Å². The monoisotopic (exact) mass is 422 g/mol. The summed E-state index contributed by atoms with van der Waals surface area (Å²) < 4.78 is 1.97. The molecule has 0 aliphatic carbocycles. The van der Waals surface area contributed by atoms with E-state index in [0.29, 0.717) is 30.9 Å². The molecule has 5 heterocycles. The van der Waals surface area contributed by atoms with Crippen LogP contribution in [0.2, 0.25) is 0 Å². The van der Waals surface area contributed by atoms with Crippen molar-refractivity contribution in [2.75, 3.05) is 26.2 Å². The molecule has 3 aliphatic rings. The lowest BCUT2D eigenvalue weighted by Gasteiger charge is -2.43. The maximum absolute atomic E-state index is 13.2. The molecule has 5 rings (SSSR count). The standard InChI is InChI=1S/C24H30N4O3/c1-16-9-19(11-22(29)25-16)23(30)27-12-17-10-20(15-27)21-6-5-18(24(31)28(21)13-17)14-26-7-3-2-4-8-26/h5-6,9,11,17,20H,2-4,7-8,10,12-15H2,1H3,(H,25,29)/t17-,20+/m0/s1. The zero-order valence-electron chi connectivity index (χ0n) is 18.1. The maximum Gasteiger partial charge on any atom is 0.255 e. The minimum Gasteiger partial charge on any atom is -0.338 e. The Morgan fingerprint density at radius 3 is 2.65 bits per heavy atom. The van der Waals surface area contributed by atoms with Crippen LogP contribution in [0, 0.1) is 12.8 Å². The molecule has 31 heavy (non-hydrogen) atoms. The molecule has 2 aromatic heterocycles. The van der Waals surface area contributed by atoms with Crippen molar-refractivity contribution < 1.29 is 4.79 Å². The number of H-pyrrole nitrogens is 1. The van der Waals surface area contributed by atoms with E-state index in [1.165, 1.54) is 25.3 Å². The number of aromatic nitrogens is 2. The van der Waals surface area contributed by atoms with Crippen molar-refractivity contribution in [3.8, 4) is 0 Å². The zero-order chi connectivity index (χ0) is 21.5. The largest absolute Gasteiger partial charge is 0.338 e. The number of rotatable bonds is 3. The number of likely N-dealkylation sites (tertiary alicyclic amines) is 2. The fraction of sp³-hybridized carbons (Fsp3) is 0.542. The van der Waals surface area contributed by atoms with E-state index in [-0.39, 0.29) is 28.9 Å². The first-order valence-electron chi connectivity index (χ1n) is 11.4. The molecule has 2 fully saturated rings. The third-order valence-electron chi connectivity index (χ3n) is 7.04. The van der Waals surface area contributed by atoms with Gasteiger partial charge in [0.15, 0.2) is 0 Å². The Morgan fingerprint density at radius 2 is 1.87 bits per heavy atom. The van der Waals surface area contributed by atoms with Crippen LogP contribution in [0.15, 0.2) is 33.9 Å². The summed E-state index contributed by atoms with van der Waals surface area (Å²) in [6.07, 6.45) is 4.72. The van der Waals surface area contributed by atoms with Crippen LogP contribution in [0.4, 0.5) is 0 Å². The number of aryl methyl sites for hydroxylation is 1. The summed E-state index contributed by atoms with van der Waals surface area (Å²) in [4.78, 5) is 45.1. The topological polar surface area (TPSA) is 78.4 Å². The molecule has 0 unspecified atom stereocenters. The van der Waals surface area contributed by atoms with E-state index in [4.69, 9.17) is 0 Å². The SMILES string of the molecule is Cc1cc(C(=O)N2C[C@@H]3C[C@H](C2)c2ccc(CN4CCCCC4)c(=O)n2C3)cc(=O)[nH]1. The van der Waals surface area contributed by atoms with Crippen LogP contribution in [0.3, 0.4) is 0 Å². The number of piperidine rings is 2. The van der Waals surface area contributed by atoms with Crippen molar-refractivity contribution in [1.82, 2.24) is 19.4 Å². The lowest BCUT2D eigenvalue weighted by atomic mass is 9.82. The van der Waals surface area contributed by atoms with E-state index in [9.17, 15) is 14.4 Å². The lowest BCUT2D eigenvalue weighted by molar-refractivity contribution is 0.0593. The maximum atomic E-state index is 13.2. The Hall–Kier alpha value is -2.67. The summed E-state index contributed by atoms with van der Waals surface area (Å²) in [5, 5.41) is 0. The zero-order valence-corrected chi connectivity index (χ0v) is 18.1. The fourth-order valence-corrected chi connectivity index (χ4v) is 5.62. The van der Waals surface area contributed by atoms with Gasteiger partial charge in [-0.2, -0.15) is 0 Å². The summed E-state index contributed by atoms with van der Waals surface area (Å²) in [5.74, 6) is 0.332. The minimum atomic E-state index is -0.251. The average molecular weight is 423 g/mol. The van der Waals surface area contributed by atoms with Gasteiger partial charge in [0.05, 0.1) is 0 Å². The van der Waals surface area contributed by atoms with Gasteiger partial charge in [-0.3, -0.25) is 19.3 Å². The van der Waals surface area contributed by atoms with E-state index in [2.05, 4.69) is 16.0 Å². The van der Waals surface area contributed by atoms with Crippen molar-refractivity contribution in [3.05, 3.63) is 67.5 Å². The Labute approximate surface area is 181 Å². The van der Waals surface area contributed by atoms with Gasteiger partial charge in [-0.15, -0.1) is 0 Å². The quantitative estimate of drug-likeness (QED) is 0.822. The number of nitrogens with zero attached hydrogens (tertiary/aromatic N) is 3. The number of pyridine rings is 2. The Morgan fingerprint density at radius 1 is 1.06 bits per heavy atom. The van der Waals surface area contributed by atoms with Crippen LogP contribution < -0.4 is 11.1 Å². The molecule has 0 spiro atoms. The van der Waals surface area contributed by atoms with Gasteiger partial charge in [0.25, 0.3) is 11.5 Å². The molecule has 164 valence electrons. The van der Waals surface area contributed by atoms with Gasteiger partial charge in [-0.1, -0.05) is 12.5 Å². The number of hydrogen-bond donors (Lipinski definition) is 1. The number of hydrogen-bond acceptors (Lipinski definition) is 4. The molecule has 0 aromatic carbocycles. The third kappa shape index (κ3) is 3.99. The second-order valence-electron chi connectivity index (χ2n) is 9.46. The van der Waals surface area contributed by atoms with Gasteiger partial charge < -0.3 is 14.5 Å². The second-order valence-corrected chi connectivity index (χ2v) is 9.46. The number of fused-ring (bicyclic) bond motifs is 4. The van der Waals surface area contributed by atoms with Crippen LogP contribution in [-0.2, 0) is 13.1 Å². The molecular weight excluding hydrogens is 392 g/mol. The first-order chi connectivity index (χ1) is 15.0. The molecule has 1 amide bonds. The Balaban J connectivity index is 1.38. The van der Waals surface area contributed by atoms with Gasteiger partial charge in [0, 0.05) is 60.7 Å². The molecule has 7 heteroatoms. The van der Waals surface area contributed by atoms with Crippen LogP contribution in [0.25, 0.3) is 0 Å². The van der Waals surface area contributed by atoms with Gasteiger partial charge in [-0.25, -0.2) is 0 Å². The smallest absolute Gasteiger partial charge is 0.255 e. The van der Waals surface area contributed by atoms with Crippen molar-refractivity contribution >= 4 is 5.91 Å². The molecule has 2 atom stereocenters. The van der Waals surface area contributed by atoms with Crippen LogP contribution in [0.5, 0.6) is 0 Å². The lowest BCUT2D eigenvalue weighted by Crippen LogP contribution is -2.49. The minimum absolute atomic E-state index is 0.0959. The molecule has 1 N–H and O–H groups in total. The number of amides is 1. The first-order valence-corrected chi connectivity index (χ1v) is 11.4. The number of nitrogens with one attached hydrogen (secondary N) is 1. The Kier molecular flexibility index (Phi) is 5.30. The van der Waals surface area contributed by atoms with Gasteiger partial charge >= 0.3 is 0 Å². The first kappa shape index (κ1) is 20.2.